The van der Waals surface area contributed by atoms with Gasteiger partial charge in [-0.2, -0.15) is 0 Å². The van der Waals surface area contributed by atoms with Gasteiger partial charge in [0.05, 0.1) is 6.61 Å². The first-order valence-electron chi connectivity index (χ1n) is 7.49. The zero-order valence-corrected chi connectivity index (χ0v) is 12.5. The van der Waals surface area contributed by atoms with Gasteiger partial charge in [-0.25, -0.2) is 4.99 Å². The summed E-state index contributed by atoms with van der Waals surface area (Å²) >= 11 is 0. The molecule has 1 aromatic rings. The molecule has 0 spiro atoms. The molecule has 5 atom stereocenters. The van der Waals surface area contributed by atoms with Crippen LogP contribution in [0.3, 0.4) is 0 Å². The lowest BCUT2D eigenvalue weighted by Crippen LogP contribution is -2.40. The molecule has 0 aliphatic carbocycles. The van der Waals surface area contributed by atoms with Gasteiger partial charge in [0.15, 0.2) is 5.79 Å². The topological polar surface area (TPSA) is 69.5 Å². The van der Waals surface area contributed by atoms with Crippen molar-refractivity contribution in [2.45, 2.75) is 50.3 Å². The van der Waals surface area contributed by atoms with E-state index in [1.807, 2.05) is 44.2 Å². The summed E-state index contributed by atoms with van der Waals surface area (Å²) in [6.07, 6.45) is -2.14. The van der Waals surface area contributed by atoms with Gasteiger partial charge in [0, 0.05) is 5.56 Å². The number of aliphatic hydroxyl groups excluding tert-OH is 1. The molecule has 1 N–H and O–H groups in total. The van der Waals surface area contributed by atoms with Gasteiger partial charge >= 0.3 is 0 Å². The van der Waals surface area contributed by atoms with Crippen LogP contribution in [0.4, 0.5) is 0 Å². The van der Waals surface area contributed by atoms with Crippen LogP contribution in [0, 0.1) is 0 Å². The molecule has 118 valence electrons. The second-order valence-corrected chi connectivity index (χ2v) is 6.24. The fraction of sp³-hybridized carbons (Fsp3) is 0.562. The number of aliphatic imine (C=N–C) groups is 1. The van der Waals surface area contributed by atoms with Crippen molar-refractivity contribution < 1.29 is 24.1 Å². The Labute approximate surface area is 128 Å². The molecule has 6 nitrogen and oxygen atoms in total. The Morgan fingerprint density at radius 2 is 2.00 bits per heavy atom. The summed E-state index contributed by atoms with van der Waals surface area (Å²) in [6.45, 7) is 4.08. The van der Waals surface area contributed by atoms with E-state index in [0.717, 1.165) is 5.56 Å². The maximum Gasteiger partial charge on any atom is 0.227 e. The first-order valence-corrected chi connectivity index (χ1v) is 7.49. The molecule has 2 saturated heterocycles. The number of ether oxygens (including phenoxy) is 4. The molecule has 1 aromatic carbocycles. The molecule has 0 bridgehead atoms. The predicted molar refractivity (Wildman–Crippen MR) is 77.4 cm³/mol. The highest BCUT2D eigenvalue weighted by atomic mass is 16.8. The van der Waals surface area contributed by atoms with Crippen LogP contribution in [0.25, 0.3) is 0 Å². The highest BCUT2D eigenvalue weighted by Crippen LogP contribution is 2.36. The molecule has 2 fully saturated rings. The van der Waals surface area contributed by atoms with Crippen LogP contribution in [0.1, 0.15) is 19.4 Å². The Bertz CT molecular complexity index is 587. The second kappa shape index (κ2) is 5.03. The summed E-state index contributed by atoms with van der Waals surface area (Å²) < 4.78 is 22.9. The lowest BCUT2D eigenvalue weighted by molar-refractivity contribution is -0.172. The normalized spacial score (nSPS) is 39.4. The maximum absolute atomic E-state index is 10.5. The highest BCUT2D eigenvalue weighted by Gasteiger charge is 2.54. The smallest absolute Gasteiger partial charge is 0.227 e. The first-order chi connectivity index (χ1) is 10.5. The van der Waals surface area contributed by atoms with E-state index < -0.39 is 30.3 Å². The quantitative estimate of drug-likeness (QED) is 0.885. The Kier molecular flexibility index (Phi) is 3.23. The average Bonchev–Trinajstić information content (AvgIpc) is 3.15. The van der Waals surface area contributed by atoms with Gasteiger partial charge in [0.2, 0.25) is 12.2 Å². The van der Waals surface area contributed by atoms with Crippen LogP contribution in [0.15, 0.2) is 35.3 Å². The molecule has 0 aromatic heterocycles. The average molecular weight is 305 g/mol. The van der Waals surface area contributed by atoms with Crippen LogP contribution in [0.5, 0.6) is 0 Å². The third-order valence-corrected chi connectivity index (χ3v) is 4.17. The summed E-state index contributed by atoms with van der Waals surface area (Å²) in [6, 6.07) is 9.18. The Morgan fingerprint density at radius 3 is 2.64 bits per heavy atom. The largest absolute Gasteiger partial charge is 0.445 e. The monoisotopic (exact) mass is 305 g/mol. The van der Waals surface area contributed by atoms with Crippen molar-refractivity contribution in [3.63, 3.8) is 0 Å². The van der Waals surface area contributed by atoms with Crippen molar-refractivity contribution >= 4 is 5.90 Å². The lowest BCUT2D eigenvalue weighted by Gasteiger charge is -2.23. The van der Waals surface area contributed by atoms with Crippen LogP contribution in [0.2, 0.25) is 0 Å². The Balaban J connectivity index is 1.50. The molecular weight excluding hydrogens is 286 g/mol. The van der Waals surface area contributed by atoms with E-state index in [-0.39, 0.29) is 6.10 Å². The van der Waals surface area contributed by atoms with Gasteiger partial charge in [0.25, 0.3) is 0 Å². The van der Waals surface area contributed by atoms with E-state index in [9.17, 15) is 5.11 Å². The van der Waals surface area contributed by atoms with Gasteiger partial charge in [-0.15, -0.1) is 0 Å². The van der Waals surface area contributed by atoms with Crippen LogP contribution >= 0.6 is 0 Å². The zero-order valence-electron chi connectivity index (χ0n) is 12.5. The van der Waals surface area contributed by atoms with Crippen LogP contribution in [-0.4, -0.2) is 54.0 Å². The summed E-state index contributed by atoms with van der Waals surface area (Å²) in [7, 11) is 0. The molecule has 0 saturated carbocycles. The molecule has 4 rings (SSSR count). The summed E-state index contributed by atoms with van der Waals surface area (Å²) in [5, 5.41) is 10.5. The van der Waals surface area contributed by atoms with Gasteiger partial charge in [-0.1, -0.05) is 18.2 Å². The van der Waals surface area contributed by atoms with Crippen molar-refractivity contribution in [1.82, 2.24) is 0 Å². The molecule has 0 amide bonds. The molecule has 22 heavy (non-hydrogen) atoms. The second-order valence-electron chi connectivity index (χ2n) is 6.24. The molecule has 3 aliphatic heterocycles. The molecule has 0 unspecified atom stereocenters. The SMILES string of the molecule is CC1(C)OC[C@H]([C@@H]2O[C@H]3OC(c4ccccc4)=N[C@H]3[C@@H]2O)O1. The van der Waals surface area contributed by atoms with E-state index in [0.29, 0.717) is 12.5 Å². The third-order valence-electron chi connectivity index (χ3n) is 4.17. The molecule has 3 heterocycles. The van der Waals surface area contributed by atoms with E-state index in [2.05, 4.69) is 4.99 Å². The molecule has 6 heteroatoms. The molecule has 0 radical (unpaired) electrons. The highest BCUT2D eigenvalue weighted by molar-refractivity contribution is 5.95. The van der Waals surface area contributed by atoms with Crippen LogP contribution < -0.4 is 0 Å². The number of rotatable bonds is 2. The number of aliphatic hydroxyl groups is 1. The fourth-order valence-corrected chi connectivity index (χ4v) is 3.09. The number of hydrogen-bond donors (Lipinski definition) is 1. The van der Waals surface area contributed by atoms with E-state index in [1.54, 1.807) is 0 Å². The Morgan fingerprint density at radius 1 is 1.23 bits per heavy atom. The predicted octanol–water partition coefficient (Wildman–Crippen LogP) is 1.07. The molecule has 3 aliphatic rings. The summed E-state index contributed by atoms with van der Waals surface area (Å²) in [5.41, 5.74) is 0.880. The first kappa shape index (κ1) is 14.1. The summed E-state index contributed by atoms with van der Waals surface area (Å²) in [4.78, 5) is 4.48. The van der Waals surface area contributed by atoms with Crippen molar-refractivity contribution in [2.24, 2.45) is 4.99 Å². The van der Waals surface area contributed by atoms with Crippen molar-refractivity contribution in [2.75, 3.05) is 6.61 Å². The number of fused-ring (bicyclic) bond motifs is 1. The number of nitrogens with zero attached hydrogens (tertiary/aromatic N) is 1. The minimum Gasteiger partial charge on any atom is -0.445 e. The van der Waals surface area contributed by atoms with Gasteiger partial charge < -0.3 is 24.1 Å². The van der Waals surface area contributed by atoms with Crippen molar-refractivity contribution in [3.05, 3.63) is 35.9 Å². The van der Waals surface area contributed by atoms with Crippen molar-refractivity contribution in [1.29, 1.82) is 0 Å². The van der Waals surface area contributed by atoms with E-state index >= 15 is 0 Å². The molecular formula is C16H19NO5. The summed E-state index contributed by atoms with van der Waals surface area (Å²) in [5.74, 6) is -0.137. The van der Waals surface area contributed by atoms with E-state index in [1.165, 1.54) is 0 Å². The van der Waals surface area contributed by atoms with Gasteiger partial charge in [-0.05, 0) is 26.0 Å². The van der Waals surface area contributed by atoms with Gasteiger partial charge in [0.1, 0.15) is 24.4 Å². The number of benzene rings is 1. The minimum absolute atomic E-state index is 0.311. The van der Waals surface area contributed by atoms with Gasteiger partial charge in [-0.3, -0.25) is 0 Å². The third kappa shape index (κ3) is 2.32. The van der Waals surface area contributed by atoms with Crippen LogP contribution in [-0.2, 0) is 18.9 Å². The Hall–Kier alpha value is -1.47. The minimum atomic E-state index is -0.770. The van der Waals surface area contributed by atoms with Crippen molar-refractivity contribution in [3.8, 4) is 0 Å². The fourth-order valence-electron chi connectivity index (χ4n) is 3.09. The maximum atomic E-state index is 10.5. The number of hydrogen-bond acceptors (Lipinski definition) is 6. The zero-order chi connectivity index (χ0) is 15.3. The lowest BCUT2D eigenvalue weighted by atomic mass is 10.1. The van der Waals surface area contributed by atoms with E-state index in [4.69, 9.17) is 18.9 Å². The standard InChI is InChI=1S/C16H19NO5/c1-16(2)19-8-10(22-16)13-12(18)11-15(20-13)21-14(17-11)9-6-4-3-5-7-9/h3-7,10-13,15,18H,8H2,1-2H3/t10-,11+,12+,13+,15+/m1/s1.